The number of nitrogens with two attached hydrogens (primary N) is 1. The number of aromatic carboxylic acids is 1. The van der Waals surface area contributed by atoms with Gasteiger partial charge in [0, 0.05) is 0 Å². The Morgan fingerprint density at radius 1 is 1.43 bits per heavy atom. The topological polar surface area (TPSA) is 104 Å². The van der Waals surface area contributed by atoms with Crippen LogP contribution < -0.4 is 5.73 Å². The van der Waals surface area contributed by atoms with Crippen molar-refractivity contribution in [1.29, 1.82) is 5.26 Å². The quantitative estimate of drug-likeness (QED) is 0.874. The number of Topliss-reactive ketones (excluding diaryl/α,β-unsaturated/α-hetero) is 1. The van der Waals surface area contributed by atoms with Gasteiger partial charge >= 0.3 is 5.97 Å². The molecule has 6 heteroatoms. The van der Waals surface area contributed by atoms with Gasteiger partial charge in [-0.05, 0) is 37.2 Å². The Balaban J connectivity index is 2.09. The summed E-state index contributed by atoms with van der Waals surface area (Å²) in [4.78, 5) is 24.6. The third-order valence-electron chi connectivity index (χ3n) is 4.88. The summed E-state index contributed by atoms with van der Waals surface area (Å²) in [6.45, 7) is 0. The number of ketones is 1. The van der Waals surface area contributed by atoms with Gasteiger partial charge in [-0.15, -0.1) is 11.3 Å². The highest BCUT2D eigenvalue weighted by Crippen LogP contribution is 2.50. The van der Waals surface area contributed by atoms with Crippen molar-refractivity contribution in [3.05, 3.63) is 16.0 Å². The lowest BCUT2D eigenvalue weighted by molar-refractivity contribution is 0.0696. The largest absolute Gasteiger partial charge is 0.478 e. The van der Waals surface area contributed by atoms with Crippen molar-refractivity contribution >= 4 is 28.1 Å². The van der Waals surface area contributed by atoms with Crippen LogP contribution >= 0.6 is 11.3 Å². The highest BCUT2D eigenvalue weighted by Gasteiger charge is 2.51. The normalized spacial score (nSPS) is 25.6. The van der Waals surface area contributed by atoms with Crippen molar-refractivity contribution in [3.8, 4) is 6.07 Å². The predicted molar refractivity (Wildman–Crippen MR) is 78.3 cm³/mol. The fourth-order valence-corrected chi connectivity index (χ4v) is 4.92. The van der Waals surface area contributed by atoms with Crippen molar-refractivity contribution in [2.45, 2.75) is 38.5 Å². The number of nitriles is 1. The average molecular weight is 304 g/mol. The number of carbonyl (C=O) groups excluding carboxylic acids is 1. The van der Waals surface area contributed by atoms with E-state index in [-0.39, 0.29) is 22.3 Å². The van der Waals surface area contributed by atoms with E-state index in [4.69, 9.17) is 5.73 Å². The Morgan fingerprint density at radius 2 is 2.10 bits per heavy atom. The molecule has 110 valence electrons. The van der Waals surface area contributed by atoms with Crippen LogP contribution in [0.15, 0.2) is 0 Å². The van der Waals surface area contributed by atoms with Crippen LogP contribution in [0.3, 0.4) is 0 Å². The molecule has 1 unspecified atom stereocenters. The van der Waals surface area contributed by atoms with E-state index in [1.165, 1.54) is 0 Å². The van der Waals surface area contributed by atoms with E-state index in [0.717, 1.165) is 37.0 Å². The zero-order valence-electron chi connectivity index (χ0n) is 11.5. The molecule has 2 aliphatic carbocycles. The van der Waals surface area contributed by atoms with Crippen LogP contribution in [0.1, 0.15) is 57.7 Å². The lowest BCUT2D eigenvalue weighted by atomic mass is 9.65. The second-order valence-corrected chi connectivity index (χ2v) is 6.90. The molecule has 3 rings (SSSR count). The number of anilines is 1. The number of carboxylic acids is 1. The number of thiophene rings is 1. The summed E-state index contributed by atoms with van der Waals surface area (Å²) in [5.41, 5.74) is 5.38. The first-order chi connectivity index (χ1) is 10.0. The zero-order valence-corrected chi connectivity index (χ0v) is 12.3. The zero-order chi connectivity index (χ0) is 15.2. The molecule has 0 radical (unpaired) electrons. The molecule has 1 heterocycles. The van der Waals surface area contributed by atoms with Crippen LogP contribution in [0.2, 0.25) is 0 Å². The minimum absolute atomic E-state index is 0.0568. The molecule has 5 nitrogen and oxygen atoms in total. The first-order valence-electron chi connectivity index (χ1n) is 7.11. The third-order valence-corrected chi connectivity index (χ3v) is 5.94. The minimum Gasteiger partial charge on any atom is -0.478 e. The van der Waals surface area contributed by atoms with Gasteiger partial charge < -0.3 is 10.8 Å². The van der Waals surface area contributed by atoms with E-state index < -0.39 is 11.4 Å². The van der Waals surface area contributed by atoms with Crippen molar-refractivity contribution in [3.63, 3.8) is 0 Å². The molecule has 0 amide bonds. The van der Waals surface area contributed by atoms with Gasteiger partial charge in [-0.1, -0.05) is 12.8 Å². The van der Waals surface area contributed by atoms with E-state index in [0.29, 0.717) is 23.3 Å². The van der Waals surface area contributed by atoms with Crippen molar-refractivity contribution in [2.75, 3.05) is 5.73 Å². The Hall–Kier alpha value is -1.87. The van der Waals surface area contributed by atoms with Crippen LogP contribution in [-0.2, 0) is 6.42 Å². The maximum atomic E-state index is 12.9. The fraction of sp³-hybridized carbons (Fsp3) is 0.533. The molecule has 0 spiro atoms. The van der Waals surface area contributed by atoms with Gasteiger partial charge in [-0.2, -0.15) is 5.26 Å². The highest BCUT2D eigenvalue weighted by molar-refractivity contribution is 7.18. The maximum absolute atomic E-state index is 12.9. The lowest BCUT2D eigenvalue weighted by Crippen LogP contribution is -2.40. The maximum Gasteiger partial charge on any atom is 0.338 e. The van der Waals surface area contributed by atoms with Crippen molar-refractivity contribution in [2.24, 2.45) is 11.3 Å². The predicted octanol–water partition coefficient (Wildman–Crippen LogP) is 2.86. The summed E-state index contributed by atoms with van der Waals surface area (Å²) in [6, 6.07) is 2.28. The van der Waals surface area contributed by atoms with Gasteiger partial charge in [-0.3, -0.25) is 4.79 Å². The SMILES string of the molecule is N#CC1(C2CCCC2)CCc2c(sc(N)c2C(=O)O)C1=O. The molecule has 1 fully saturated rings. The van der Waals surface area contributed by atoms with Gasteiger partial charge in [0.15, 0.2) is 5.78 Å². The van der Waals surface area contributed by atoms with Crippen molar-refractivity contribution in [1.82, 2.24) is 0 Å². The Morgan fingerprint density at radius 3 is 2.67 bits per heavy atom. The summed E-state index contributed by atoms with van der Waals surface area (Å²) in [6.07, 6.45) is 4.78. The van der Waals surface area contributed by atoms with Gasteiger partial charge in [0.2, 0.25) is 0 Å². The number of hydrogen-bond donors (Lipinski definition) is 2. The van der Waals surface area contributed by atoms with Crippen LogP contribution in [0, 0.1) is 22.7 Å². The number of hydrogen-bond acceptors (Lipinski definition) is 5. The van der Waals surface area contributed by atoms with E-state index in [2.05, 4.69) is 6.07 Å². The van der Waals surface area contributed by atoms with Gasteiger partial charge in [0.05, 0.1) is 16.5 Å². The minimum atomic E-state index is -1.09. The number of carbonyl (C=O) groups is 2. The number of rotatable bonds is 2. The number of fused-ring (bicyclic) bond motifs is 1. The highest BCUT2D eigenvalue weighted by atomic mass is 32.1. The monoisotopic (exact) mass is 304 g/mol. The number of nitrogen functional groups attached to an aromatic ring is 1. The van der Waals surface area contributed by atoms with Crippen molar-refractivity contribution < 1.29 is 14.7 Å². The summed E-state index contributed by atoms with van der Waals surface area (Å²) < 4.78 is 0. The Labute approximate surface area is 126 Å². The Bertz CT molecular complexity index is 667. The van der Waals surface area contributed by atoms with E-state index in [1.807, 2.05) is 0 Å². The standard InChI is InChI=1S/C15H16N2O3S/c16-7-15(8-3-1-2-4-8)6-5-9-10(14(19)20)13(17)21-11(9)12(15)18/h8H,1-6,17H2,(H,19,20). The first-order valence-corrected chi connectivity index (χ1v) is 7.93. The molecule has 1 aromatic heterocycles. The second kappa shape index (κ2) is 4.85. The Kier molecular flexibility index (Phi) is 3.25. The smallest absolute Gasteiger partial charge is 0.338 e. The average Bonchev–Trinajstić information content (AvgIpc) is 3.07. The fourth-order valence-electron chi connectivity index (χ4n) is 3.79. The molecular formula is C15H16N2O3S. The van der Waals surface area contributed by atoms with E-state index >= 15 is 0 Å². The molecule has 0 aliphatic heterocycles. The van der Waals surface area contributed by atoms with E-state index in [9.17, 15) is 20.0 Å². The molecule has 1 saturated carbocycles. The third kappa shape index (κ3) is 1.88. The summed E-state index contributed by atoms with van der Waals surface area (Å²) in [7, 11) is 0. The molecule has 3 N–H and O–H groups in total. The molecular weight excluding hydrogens is 288 g/mol. The first kappa shape index (κ1) is 14.1. The van der Waals surface area contributed by atoms with Crippen LogP contribution in [0.25, 0.3) is 0 Å². The van der Waals surface area contributed by atoms with E-state index in [1.54, 1.807) is 0 Å². The summed E-state index contributed by atoms with van der Waals surface area (Å²) in [5.74, 6) is -1.20. The molecule has 1 aromatic rings. The van der Waals surface area contributed by atoms with Crippen LogP contribution in [0.5, 0.6) is 0 Å². The molecule has 1 atom stereocenters. The molecule has 0 bridgehead atoms. The van der Waals surface area contributed by atoms with Crippen LogP contribution in [-0.4, -0.2) is 16.9 Å². The summed E-state index contributed by atoms with van der Waals surface area (Å²) >= 11 is 1.03. The molecule has 2 aliphatic rings. The lowest BCUT2D eigenvalue weighted by Gasteiger charge is -2.34. The van der Waals surface area contributed by atoms with Gasteiger partial charge in [0.25, 0.3) is 0 Å². The second-order valence-electron chi connectivity index (χ2n) is 5.85. The van der Waals surface area contributed by atoms with Gasteiger partial charge in [-0.25, -0.2) is 4.79 Å². The van der Waals surface area contributed by atoms with Gasteiger partial charge in [0.1, 0.15) is 10.4 Å². The number of nitrogens with zero attached hydrogens (tertiary/aromatic N) is 1. The molecule has 0 aromatic carbocycles. The summed E-state index contributed by atoms with van der Waals surface area (Å²) in [5, 5.41) is 19.1. The molecule has 21 heavy (non-hydrogen) atoms. The number of carboxylic acid groups (broad SMARTS) is 1. The molecule has 0 saturated heterocycles. The van der Waals surface area contributed by atoms with Crippen LogP contribution in [0.4, 0.5) is 5.00 Å².